The number of fused-ring (bicyclic) bond motifs is 1. The van der Waals surface area contributed by atoms with Crippen molar-refractivity contribution < 1.29 is 18.7 Å². The number of nitrogens with zero attached hydrogens (tertiary/aromatic N) is 3. The Morgan fingerprint density at radius 1 is 1.05 bits per heavy atom. The lowest BCUT2D eigenvalue weighted by atomic mass is 9.90. The summed E-state index contributed by atoms with van der Waals surface area (Å²) < 4.78 is 22.2. The lowest BCUT2D eigenvalue weighted by molar-refractivity contribution is -0.135. The lowest BCUT2D eigenvalue weighted by Gasteiger charge is -2.31. The van der Waals surface area contributed by atoms with Crippen molar-refractivity contribution in [2.24, 2.45) is 11.7 Å². The number of nitrogens with two attached hydrogens (primary N) is 1. The Balaban J connectivity index is 1.42. The molecule has 1 saturated heterocycles. The molecule has 3 heterocycles. The Bertz CT molecular complexity index is 1400. The number of carbonyl (C=O) groups excluding carboxylic acids is 2. The molecular weight excluding hydrogens is 471 g/mol. The Kier molecular flexibility index (Phi) is 7.16. The second-order valence-corrected chi connectivity index (χ2v) is 9.39. The van der Waals surface area contributed by atoms with Crippen molar-refractivity contribution in [3.05, 3.63) is 102 Å². The number of benzene rings is 2. The fraction of sp³-hybridized carbons (Fsp3) is 0.276. The molecule has 190 valence electrons. The quantitative estimate of drug-likeness (QED) is 0.391. The van der Waals surface area contributed by atoms with Gasteiger partial charge in [0, 0.05) is 43.7 Å². The molecule has 0 radical (unpaired) electrons. The van der Waals surface area contributed by atoms with Crippen molar-refractivity contribution in [3.8, 4) is 5.75 Å². The predicted molar refractivity (Wildman–Crippen MR) is 137 cm³/mol. The van der Waals surface area contributed by atoms with E-state index in [0.29, 0.717) is 49.5 Å². The van der Waals surface area contributed by atoms with Crippen LogP contribution in [0.1, 0.15) is 42.0 Å². The second kappa shape index (κ2) is 10.8. The first-order valence-electron chi connectivity index (χ1n) is 12.4. The average molecular weight is 501 g/mol. The van der Waals surface area contributed by atoms with Crippen LogP contribution < -0.4 is 10.5 Å². The monoisotopic (exact) mass is 500 g/mol. The summed E-state index contributed by atoms with van der Waals surface area (Å²) >= 11 is 0. The Hall–Kier alpha value is -4.20. The molecule has 2 aromatic heterocycles. The zero-order valence-electron chi connectivity index (χ0n) is 20.4. The van der Waals surface area contributed by atoms with Gasteiger partial charge in [-0.3, -0.25) is 9.59 Å². The van der Waals surface area contributed by atoms with Gasteiger partial charge in [-0.25, -0.2) is 9.37 Å². The summed E-state index contributed by atoms with van der Waals surface area (Å²) in [6.07, 6.45) is 4.87. The zero-order valence-corrected chi connectivity index (χ0v) is 20.4. The molecule has 8 heteroatoms. The first-order chi connectivity index (χ1) is 18.0. The van der Waals surface area contributed by atoms with Crippen LogP contribution >= 0.6 is 0 Å². The van der Waals surface area contributed by atoms with Crippen molar-refractivity contribution >= 4 is 17.5 Å². The molecule has 37 heavy (non-hydrogen) atoms. The number of aromatic nitrogens is 2. The molecule has 0 aliphatic carbocycles. The summed E-state index contributed by atoms with van der Waals surface area (Å²) in [4.78, 5) is 31.3. The molecule has 1 atom stereocenters. The van der Waals surface area contributed by atoms with Gasteiger partial charge in [0.25, 0.3) is 0 Å². The number of hydrogen-bond donors (Lipinski definition) is 1. The molecule has 1 aliphatic heterocycles. The maximum atomic E-state index is 14.2. The standard InChI is InChI=1S/C29H29FN4O3/c30-23-9-4-8-22(16-23)24(17-27(35)33-14-11-21(12-15-33)28(31)36)25-18-32-29-26(10-5-13-34(25)29)37-19-20-6-2-1-3-7-20/h1-10,13,16,18,21,24H,11-12,14-15,17,19H2,(H2,31,36). The van der Waals surface area contributed by atoms with Gasteiger partial charge in [0.2, 0.25) is 11.8 Å². The van der Waals surface area contributed by atoms with E-state index in [-0.39, 0.29) is 30.0 Å². The highest BCUT2D eigenvalue weighted by Crippen LogP contribution is 2.32. The van der Waals surface area contributed by atoms with Crippen molar-refractivity contribution in [2.75, 3.05) is 13.1 Å². The van der Waals surface area contributed by atoms with E-state index in [2.05, 4.69) is 4.98 Å². The largest absolute Gasteiger partial charge is 0.485 e. The minimum atomic E-state index is -0.420. The number of likely N-dealkylation sites (tertiary alicyclic amines) is 1. The molecule has 2 aromatic carbocycles. The third-order valence-electron chi connectivity index (χ3n) is 7.00. The van der Waals surface area contributed by atoms with Crippen molar-refractivity contribution in [2.45, 2.75) is 31.8 Å². The normalized spacial score (nSPS) is 15.0. The number of rotatable bonds is 8. The van der Waals surface area contributed by atoms with Crippen LogP contribution in [-0.4, -0.2) is 39.2 Å². The maximum absolute atomic E-state index is 14.2. The van der Waals surface area contributed by atoms with Crippen LogP contribution in [-0.2, 0) is 16.2 Å². The highest BCUT2D eigenvalue weighted by molar-refractivity contribution is 5.79. The number of pyridine rings is 1. The van der Waals surface area contributed by atoms with Gasteiger partial charge in [0.15, 0.2) is 11.4 Å². The van der Waals surface area contributed by atoms with Gasteiger partial charge in [0.05, 0.1) is 5.69 Å². The van der Waals surface area contributed by atoms with Gasteiger partial charge in [-0.15, -0.1) is 0 Å². The molecule has 1 fully saturated rings. The molecule has 4 aromatic rings. The van der Waals surface area contributed by atoms with E-state index in [9.17, 15) is 14.0 Å². The summed E-state index contributed by atoms with van der Waals surface area (Å²) in [7, 11) is 0. The van der Waals surface area contributed by atoms with Crippen molar-refractivity contribution in [1.29, 1.82) is 0 Å². The predicted octanol–water partition coefficient (Wildman–Crippen LogP) is 4.30. The molecule has 2 N–H and O–H groups in total. The van der Waals surface area contributed by atoms with E-state index in [0.717, 1.165) is 11.3 Å². The van der Waals surface area contributed by atoms with Crippen molar-refractivity contribution in [1.82, 2.24) is 14.3 Å². The van der Waals surface area contributed by atoms with Gasteiger partial charge in [-0.2, -0.15) is 0 Å². The number of hydrogen-bond acceptors (Lipinski definition) is 4. The molecule has 0 bridgehead atoms. The molecule has 1 unspecified atom stereocenters. The first kappa shape index (κ1) is 24.5. The minimum Gasteiger partial charge on any atom is -0.485 e. The molecule has 0 saturated carbocycles. The number of amides is 2. The van der Waals surface area contributed by atoms with Gasteiger partial charge >= 0.3 is 0 Å². The van der Waals surface area contributed by atoms with Crippen LogP contribution in [0.15, 0.2) is 79.1 Å². The smallest absolute Gasteiger partial charge is 0.223 e. The van der Waals surface area contributed by atoms with Crippen LogP contribution in [0.5, 0.6) is 5.75 Å². The molecule has 0 spiro atoms. The molecule has 2 amide bonds. The van der Waals surface area contributed by atoms with Crippen LogP contribution in [0, 0.1) is 11.7 Å². The summed E-state index contributed by atoms with van der Waals surface area (Å²) in [5.41, 5.74) is 8.58. The lowest BCUT2D eigenvalue weighted by Crippen LogP contribution is -2.42. The first-order valence-corrected chi connectivity index (χ1v) is 12.4. The summed E-state index contributed by atoms with van der Waals surface area (Å²) in [5, 5.41) is 0. The van der Waals surface area contributed by atoms with E-state index >= 15 is 0 Å². The van der Waals surface area contributed by atoms with E-state index in [1.807, 2.05) is 59.1 Å². The fourth-order valence-electron chi connectivity index (χ4n) is 4.94. The van der Waals surface area contributed by atoms with E-state index < -0.39 is 5.92 Å². The minimum absolute atomic E-state index is 0.0522. The van der Waals surface area contributed by atoms with Gasteiger partial charge in [0.1, 0.15) is 12.4 Å². The van der Waals surface area contributed by atoms with E-state index in [1.54, 1.807) is 17.2 Å². The average Bonchev–Trinajstić information content (AvgIpc) is 3.35. The number of carbonyl (C=O) groups is 2. The molecule has 1 aliphatic rings. The van der Waals surface area contributed by atoms with E-state index in [4.69, 9.17) is 10.5 Å². The van der Waals surface area contributed by atoms with Gasteiger partial charge in [-0.1, -0.05) is 42.5 Å². The Morgan fingerprint density at radius 2 is 1.84 bits per heavy atom. The summed E-state index contributed by atoms with van der Waals surface area (Å²) in [6.45, 7) is 1.36. The summed E-state index contributed by atoms with van der Waals surface area (Å²) in [5.74, 6) is -0.731. The topological polar surface area (TPSA) is 89.9 Å². The third-order valence-corrected chi connectivity index (χ3v) is 7.00. The maximum Gasteiger partial charge on any atom is 0.223 e. The second-order valence-electron chi connectivity index (χ2n) is 9.39. The van der Waals surface area contributed by atoms with Gasteiger partial charge < -0.3 is 19.8 Å². The number of halogens is 1. The SMILES string of the molecule is NC(=O)C1CCN(C(=O)CC(c2cccc(F)c2)c2cnc3c(OCc4ccccc4)cccn23)CC1. The van der Waals surface area contributed by atoms with Crippen LogP contribution in [0.2, 0.25) is 0 Å². The summed E-state index contributed by atoms with van der Waals surface area (Å²) in [6, 6.07) is 19.9. The number of piperidine rings is 1. The highest BCUT2D eigenvalue weighted by Gasteiger charge is 2.29. The van der Waals surface area contributed by atoms with Crippen LogP contribution in [0.3, 0.4) is 0 Å². The number of imidazole rings is 1. The number of ether oxygens (including phenoxy) is 1. The third kappa shape index (κ3) is 5.48. The molecule has 5 rings (SSSR count). The Labute approximate surface area is 214 Å². The molecule has 7 nitrogen and oxygen atoms in total. The van der Waals surface area contributed by atoms with Crippen LogP contribution in [0.4, 0.5) is 4.39 Å². The fourth-order valence-corrected chi connectivity index (χ4v) is 4.94. The van der Waals surface area contributed by atoms with Gasteiger partial charge in [-0.05, 0) is 48.2 Å². The van der Waals surface area contributed by atoms with E-state index in [1.165, 1.54) is 12.1 Å². The molecular formula is C29H29FN4O3. The Morgan fingerprint density at radius 3 is 2.57 bits per heavy atom. The van der Waals surface area contributed by atoms with Crippen LogP contribution in [0.25, 0.3) is 5.65 Å². The number of primary amides is 1. The van der Waals surface area contributed by atoms with Crippen molar-refractivity contribution in [3.63, 3.8) is 0 Å². The zero-order chi connectivity index (χ0) is 25.8. The highest BCUT2D eigenvalue weighted by atomic mass is 19.1.